The van der Waals surface area contributed by atoms with Gasteiger partial charge in [-0.05, 0) is 25.5 Å². The molecule has 0 aromatic rings. The Bertz CT molecular complexity index is 131. The third-order valence-corrected chi connectivity index (χ3v) is 3.07. The highest BCUT2D eigenvalue weighted by Crippen LogP contribution is 2.09. The summed E-state index contributed by atoms with van der Waals surface area (Å²) in [5.74, 6) is 1.87. The van der Waals surface area contributed by atoms with Crippen LogP contribution in [0.5, 0.6) is 0 Å². The van der Waals surface area contributed by atoms with Crippen LogP contribution in [0.2, 0.25) is 0 Å². The maximum absolute atomic E-state index is 9.48. The molecule has 0 aromatic carbocycles. The summed E-state index contributed by atoms with van der Waals surface area (Å²) >= 11 is 1.66. The Kier molecular flexibility index (Phi) is 8.67. The molecule has 14 heavy (non-hydrogen) atoms. The second kappa shape index (κ2) is 8.53. The van der Waals surface area contributed by atoms with Crippen molar-refractivity contribution in [2.24, 2.45) is 5.92 Å². The quantitative estimate of drug-likeness (QED) is 0.646. The predicted octanol–water partition coefficient (Wildman–Crippen LogP) is 1.13. The van der Waals surface area contributed by atoms with Gasteiger partial charge in [0.1, 0.15) is 0 Å². The SMILES string of the molecule is CC(CO)CSCC(O)COC(C)C. The minimum atomic E-state index is -0.395. The Hall–Kier alpha value is 0.230. The Balaban J connectivity index is 3.30. The molecule has 0 heterocycles. The van der Waals surface area contributed by atoms with Crippen LogP contribution in [0.3, 0.4) is 0 Å². The number of hydrogen-bond donors (Lipinski definition) is 2. The van der Waals surface area contributed by atoms with Gasteiger partial charge in [-0.15, -0.1) is 0 Å². The van der Waals surface area contributed by atoms with E-state index in [2.05, 4.69) is 0 Å². The third kappa shape index (κ3) is 8.81. The van der Waals surface area contributed by atoms with Crippen molar-refractivity contribution < 1.29 is 14.9 Å². The molecular formula is C10H22O3S. The molecule has 2 unspecified atom stereocenters. The predicted molar refractivity (Wildman–Crippen MR) is 60.7 cm³/mol. The van der Waals surface area contributed by atoms with Crippen molar-refractivity contribution in [3.05, 3.63) is 0 Å². The highest BCUT2D eigenvalue weighted by Gasteiger charge is 2.07. The average molecular weight is 222 g/mol. The van der Waals surface area contributed by atoms with Crippen LogP contribution >= 0.6 is 11.8 Å². The number of aliphatic hydroxyl groups is 2. The fourth-order valence-electron chi connectivity index (χ4n) is 0.810. The van der Waals surface area contributed by atoms with Crippen molar-refractivity contribution in [1.29, 1.82) is 0 Å². The Morgan fingerprint density at radius 1 is 1.21 bits per heavy atom. The van der Waals surface area contributed by atoms with E-state index in [1.165, 1.54) is 0 Å². The minimum Gasteiger partial charge on any atom is -0.396 e. The van der Waals surface area contributed by atoms with Crippen LogP contribution in [-0.2, 0) is 4.74 Å². The molecule has 0 saturated heterocycles. The lowest BCUT2D eigenvalue weighted by molar-refractivity contribution is 0.0152. The van der Waals surface area contributed by atoms with Gasteiger partial charge in [0.2, 0.25) is 0 Å². The number of rotatable bonds is 8. The molecule has 0 aliphatic heterocycles. The highest BCUT2D eigenvalue weighted by molar-refractivity contribution is 7.99. The molecule has 0 fully saturated rings. The molecule has 0 radical (unpaired) electrons. The van der Waals surface area contributed by atoms with E-state index in [0.717, 1.165) is 5.75 Å². The smallest absolute Gasteiger partial charge is 0.0863 e. The van der Waals surface area contributed by atoms with Gasteiger partial charge in [-0.1, -0.05) is 6.92 Å². The van der Waals surface area contributed by atoms with E-state index >= 15 is 0 Å². The van der Waals surface area contributed by atoms with Crippen molar-refractivity contribution in [2.45, 2.75) is 33.0 Å². The summed E-state index contributed by atoms with van der Waals surface area (Å²) in [5.41, 5.74) is 0. The molecule has 0 saturated carbocycles. The molecule has 3 nitrogen and oxygen atoms in total. The lowest BCUT2D eigenvalue weighted by Crippen LogP contribution is -2.21. The third-order valence-electron chi connectivity index (χ3n) is 1.65. The van der Waals surface area contributed by atoms with E-state index in [9.17, 15) is 5.11 Å². The monoisotopic (exact) mass is 222 g/mol. The Labute approximate surface area is 90.8 Å². The summed E-state index contributed by atoms with van der Waals surface area (Å²) in [6, 6.07) is 0. The molecule has 2 atom stereocenters. The first-order valence-corrected chi connectivity index (χ1v) is 6.20. The Morgan fingerprint density at radius 3 is 2.36 bits per heavy atom. The molecule has 86 valence electrons. The lowest BCUT2D eigenvalue weighted by Gasteiger charge is -2.14. The molecular weight excluding hydrogens is 200 g/mol. The van der Waals surface area contributed by atoms with Gasteiger partial charge in [0.05, 0.1) is 18.8 Å². The molecule has 4 heteroatoms. The van der Waals surface area contributed by atoms with Crippen LogP contribution in [0.4, 0.5) is 0 Å². The largest absolute Gasteiger partial charge is 0.396 e. The van der Waals surface area contributed by atoms with Crippen molar-refractivity contribution >= 4 is 11.8 Å². The first kappa shape index (κ1) is 14.2. The number of thioether (sulfide) groups is 1. The normalized spacial score (nSPS) is 15.9. The van der Waals surface area contributed by atoms with Gasteiger partial charge in [0.25, 0.3) is 0 Å². The number of hydrogen-bond acceptors (Lipinski definition) is 4. The topological polar surface area (TPSA) is 49.7 Å². The first-order chi connectivity index (χ1) is 6.56. The van der Waals surface area contributed by atoms with Crippen molar-refractivity contribution in [3.8, 4) is 0 Å². The van der Waals surface area contributed by atoms with Gasteiger partial charge in [-0.25, -0.2) is 0 Å². The van der Waals surface area contributed by atoms with Crippen molar-refractivity contribution in [3.63, 3.8) is 0 Å². The summed E-state index contributed by atoms with van der Waals surface area (Å²) < 4.78 is 5.27. The fourth-order valence-corrected chi connectivity index (χ4v) is 1.82. The zero-order valence-electron chi connectivity index (χ0n) is 9.27. The minimum absolute atomic E-state index is 0.172. The van der Waals surface area contributed by atoms with Crippen LogP contribution in [-0.4, -0.2) is 47.1 Å². The van der Waals surface area contributed by atoms with Crippen LogP contribution in [0.25, 0.3) is 0 Å². The van der Waals surface area contributed by atoms with E-state index in [1.54, 1.807) is 11.8 Å². The summed E-state index contributed by atoms with van der Waals surface area (Å²) in [6.45, 7) is 6.51. The van der Waals surface area contributed by atoms with Gasteiger partial charge in [-0.3, -0.25) is 0 Å². The maximum atomic E-state index is 9.48. The van der Waals surface area contributed by atoms with E-state index in [-0.39, 0.29) is 12.7 Å². The average Bonchev–Trinajstić information content (AvgIpc) is 2.14. The van der Waals surface area contributed by atoms with E-state index in [0.29, 0.717) is 18.3 Å². The van der Waals surface area contributed by atoms with Gasteiger partial charge in [0.15, 0.2) is 0 Å². The first-order valence-electron chi connectivity index (χ1n) is 5.04. The van der Waals surface area contributed by atoms with Crippen LogP contribution in [0.15, 0.2) is 0 Å². The summed E-state index contributed by atoms with van der Waals surface area (Å²) in [7, 11) is 0. The van der Waals surface area contributed by atoms with E-state index < -0.39 is 6.10 Å². The second-order valence-corrected chi connectivity index (χ2v) is 4.94. The summed E-state index contributed by atoms with van der Waals surface area (Å²) in [6.07, 6.45) is -0.223. The number of ether oxygens (including phenoxy) is 1. The summed E-state index contributed by atoms with van der Waals surface area (Å²) in [4.78, 5) is 0. The zero-order chi connectivity index (χ0) is 11.0. The second-order valence-electron chi connectivity index (χ2n) is 3.86. The van der Waals surface area contributed by atoms with Gasteiger partial charge < -0.3 is 14.9 Å². The van der Waals surface area contributed by atoms with Gasteiger partial charge in [0, 0.05) is 12.4 Å². The molecule has 0 amide bonds. The highest BCUT2D eigenvalue weighted by atomic mass is 32.2. The number of aliphatic hydroxyl groups excluding tert-OH is 2. The zero-order valence-corrected chi connectivity index (χ0v) is 10.1. The molecule has 0 aliphatic carbocycles. The van der Waals surface area contributed by atoms with Gasteiger partial charge in [-0.2, -0.15) is 11.8 Å². The summed E-state index contributed by atoms with van der Waals surface area (Å²) in [5, 5.41) is 18.3. The fraction of sp³-hybridized carbons (Fsp3) is 1.00. The molecule has 0 bridgehead atoms. The standard InChI is InChI=1S/C10H22O3S/c1-8(2)13-5-10(12)7-14-6-9(3)4-11/h8-12H,4-7H2,1-3H3. The molecule has 0 aliphatic rings. The molecule has 2 N–H and O–H groups in total. The van der Waals surface area contributed by atoms with Gasteiger partial charge >= 0.3 is 0 Å². The molecule has 0 aromatic heterocycles. The molecule has 0 rings (SSSR count). The molecule has 0 spiro atoms. The van der Waals surface area contributed by atoms with E-state index in [1.807, 2.05) is 20.8 Å². The Morgan fingerprint density at radius 2 is 1.86 bits per heavy atom. The lowest BCUT2D eigenvalue weighted by atomic mass is 10.2. The van der Waals surface area contributed by atoms with Crippen molar-refractivity contribution in [2.75, 3.05) is 24.7 Å². The van der Waals surface area contributed by atoms with Crippen LogP contribution < -0.4 is 0 Å². The van der Waals surface area contributed by atoms with Crippen LogP contribution in [0, 0.1) is 5.92 Å². The van der Waals surface area contributed by atoms with Crippen LogP contribution in [0.1, 0.15) is 20.8 Å². The van der Waals surface area contributed by atoms with Crippen molar-refractivity contribution in [1.82, 2.24) is 0 Å². The van der Waals surface area contributed by atoms with E-state index in [4.69, 9.17) is 9.84 Å². The maximum Gasteiger partial charge on any atom is 0.0863 e.